The summed E-state index contributed by atoms with van der Waals surface area (Å²) in [6.07, 6.45) is -5.02. The molecule has 1 aromatic heterocycles. The van der Waals surface area contributed by atoms with Gasteiger partial charge in [0.1, 0.15) is 5.00 Å². The third kappa shape index (κ3) is 2.66. The van der Waals surface area contributed by atoms with Gasteiger partial charge in [-0.1, -0.05) is 4.49 Å². The number of hydrogen-bond acceptors (Lipinski definition) is 5. The van der Waals surface area contributed by atoms with Crippen molar-refractivity contribution in [3.8, 4) is 0 Å². The molecule has 0 unspecified atom stereocenters. The number of carbonyl (C=O) groups is 2. The maximum atomic E-state index is 11.9. The molecule has 2 N–H and O–H groups in total. The first-order valence-corrected chi connectivity index (χ1v) is 4.56. The lowest BCUT2D eigenvalue weighted by Crippen LogP contribution is -2.30. The molecule has 2 amide bonds. The van der Waals surface area contributed by atoms with E-state index in [1.165, 1.54) is 12.4 Å². The van der Waals surface area contributed by atoms with Gasteiger partial charge >= 0.3 is 12.1 Å². The summed E-state index contributed by atoms with van der Waals surface area (Å²) in [5.74, 6) is -2.91. The van der Waals surface area contributed by atoms with Crippen LogP contribution in [0.1, 0.15) is 10.5 Å². The van der Waals surface area contributed by atoms with Crippen molar-refractivity contribution in [2.75, 3.05) is 12.4 Å². The lowest BCUT2D eigenvalue weighted by molar-refractivity contribution is -0.167. The topological polar surface area (TPSA) is 84.0 Å². The Morgan fingerprint density at radius 1 is 1.38 bits per heavy atom. The summed E-state index contributed by atoms with van der Waals surface area (Å²) in [4.78, 5) is 21.7. The van der Waals surface area contributed by atoms with E-state index in [1.54, 1.807) is 0 Å². The second kappa shape index (κ2) is 4.43. The van der Waals surface area contributed by atoms with Crippen LogP contribution in [0.15, 0.2) is 0 Å². The van der Waals surface area contributed by atoms with Gasteiger partial charge in [0.15, 0.2) is 5.69 Å². The molecule has 6 nitrogen and oxygen atoms in total. The van der Waals surface area contributed by atoms with Crippen molar-refractivity contribution in [1.82, 2.24) is 14.9 Å². The summed E-state index contributed by atoms with van der Waals surface area (Å²) in [6.45, 7) is 0. The number of anilines is 1. The number of aromatic nitrogens is 2. The van der Waals surface area contributed by atoms with Gasteiger partial charge in [-0.15, -0.1) is 5.10 Å². The molecule has 0 atom stereocenters. The van der Waals surface area contributed by atoms with Crippen LogP contribution in [-0.4, -0.2) is 34.6 Å². The fraction of sp³-hybridized carbons (Fsp3) is 0.333. The first-order valence-electron chi connectivity index (χ1n) is 3.79. The second-order valence-corrected chi connectivity index (χ2v) is 3.24. The van der Waals surface area contributed by atoms with Crippen LogP contribution in [0.25, 0.3) is 0 Å². The quantitative estimate of drug-likeness (QED) is 0.800. The number of nitrogens with zero attached hydrogens (tertiary/aromatic N) is 2. The largest absolute Gasteiger partial charge is 0.471 e. The summed E-state index contributed by atoms with van der Waals surface area (Å²) in [5, 5.41) is 6.62. The van der Waals surface area contributed by atoms with E-state index in [0.29, 0.717) is 11.5 Å². The van der Waals surface area contributed by atoms with Crippen molar-refractivity contribution in [3.05, 3.63) is 5.69 Å². The predicted octanol–water partition coefficient (Wildman–Crippen LogP) is 0.398. The van der Waals surface area contributed by atoms with Gasteiger partial charge in [-0.3, -0.25) is 9.59 Å². The van der Waals surface area contributed by atoms with E-state index in [1.807, 2.05) is 0 Å². The van der Waals surface area contributed by atoms with Gasteiger partial charge in [0, 0.05) is 18.6 Å². The van der Waals surface area contributed by atoms with E-state index in [0.717, 1.165) is 0 Å². The van der Waals surface area contributed by atoms with Gasteiger partial charge in [0.2, 0.25) is 0 Å². The fourth-order valence-electron chi connectivity index (χ4n) is 0.714. The molecule has 0 aromatic carbocycles. The average Bonchev–Trinajstić information content (AvgIpc) is 2.63. The van der Waals surface area contributed by atoms with Crippen molar-refractivity contribution in [2.24, 2.45) is 0 Å². The molecule has 88 valence electrons. The third-order valence-corrected chi connectivity index (χ3v) is 2.06. The molecule has 10 heteroatoms. The monoisotopic (exact) mass is 254 g/mol. The van der Waals surface area contributed by atoms with Crippen LogP contribution in [0.2, 0.25) is 0 Å². The van der Waals surface area contributed by atoms with Gasteiger partial charge in [0.25, 0.3) is 5.91 Å². The van der Waals surface area contributed by atoms with E-state index >= 15 is 0 Å². The van der Waals surface area contributed by atoms with Gasteiger partial charge in [0.05, 0.1) is 0 Å². The van der Waals surface area contributed by atoms with Crippen LogP contribution in [0.3, 0.4) is 0 Å². The normalized spacial score (nSPS) is 11.0. The van der Waals surface area contributed by atoms with E-state index in [9.17, 15) is 22.8 Å². The van der Waals surface area contributed by atoms with E-state index in [2.05, 4.69) is 14.9 Å². The first-order chi connectivity index (χ1) is 7.36. The van der Waals surface area contributed by atoms with Crippen molar-refractivity contribution in [2.45, 2.75) is 6.18 Å². The third-order valence-electron chi connectivity index (χ3n) is 1.41. The highest BCUT2D eigenvalue weighted by Gasteiger charge is 2.39. The summed E-state index contributed by atoms with van der Waals surface area (Å²) < 4.78 is 39.0. The maximum absolute atomic E-state index is 11.9. The molecule has 0 spiro atoms. The Labute approximate surface area is 91.0 Å². The van der Waals surface area contributed by atoms with Gasteiger partial charge in [-0.05, 0) is 0 Å². The minimum absolute atomic E-state index is 0.346. The summed E-state index contributed by atoms with van der Waals surface area (Å²) in [7, 11) is 1.27. The molecule has 0 saturated carbocycles. The first kappa shape index (κ1) is 12.4. The van der Waals surface area contributed by atoms with Gasteiger partial charge in [-0.25, -0.2) is 0 Å². The van der Waals surface area contributed by atoms with Crippen LogP contribution < -0.4 is 10.6 Å². The lowest BCUT2D eigenvalue weighted by Gasteiger charge is -2.05. The highest BCUT2D eigenvalue weighted by molar-refractivity contribution is 7.10. The molecule has 0 aliphatic rings. The zero-order chi connectivity index (χ0) is 12.3. The molecule has 1 heterocycles. The molecular formula is C6H5F3N4O2S. The van der Waals surface area contributed by atoms with E-state index < -0.39 is 18.0 Å². The van der Waals surface area contributed by atoms with Crippen molar-refractivity contribution < 1.29 is 22.8 Å². The van der Waals surface area contributed by atoms with Gasteiger partial charge < -0.3 is 10.6 Å². The molecule has 0 aliphatic heterocycles. The highest BCUT2D eigenvalue weighted by Crippen LogP contribution is 2.22. The Balaban J connectivity index is 2.87. The highest BCUT2D eigenvalue weighted by atomic mass is 32.1. The SMILES string of the molecule is CNC(=O)c1nnsc1NC(=O)C(F)(F)F. The average molecular weight is 254 g/mol. The molecule has 0 bridgehead atoms. The van der Waals surface area contributed by atoms with Crippen LogP contribution in [0, 0.1) is 0 Å². The molecule has 0 fully saturated rings. The molecule has 0 saturated heterocycles. The zero-order valence-corrected chi connectivity index (χ0v) is 8.57. The van der Waals surface area contributed by atoms with Crippen LogP contribution >= 0.6 is 11.5 Å². The summed E-state index contributed by atoms with van der Waals surface area (Å²) in [6, 6.07) is 0. The molecule has 1 rings (SSSR count). The molecule has 1 aromatic rings. The summed E-state index contributed by atoms with van der Waals surface area (Å²) in [5.41, 5.74) is -0.356. The number of rotatable bonds is 2. The number of amides is 2. The number of alkyl halides is 3. The number of halogens is 3. The second-order valence-electron chi connectivity index (χ2n) is 2.48. The Morgan fingerprint density at radius 3 is 2.50 bits per heavy atom. The fourth-order valence-corrected chi connectivity index (χ4v) is 1.28. The van der Waals surface area contributed by atoms with E-state index in [4.69, 9.17) is 0 Å². The Morgan fingerprint density at radius 2 is 2.00 bits per heavy atom. The zero-order valence-electron chi connectivity index (χ0n) is 7.75. The Hall–Kier alpha value is -1.71. The Kier molecular flexibility index (Phi) is 3.42. The molecular weight excluding hydrogens is 249 g/mol. The Bertz CT molecular complexity index is 416. The van der Waals surface area contributed by atoms with Crippen LogP contribution in [-0.2, 0) is 4.79 Å². The van der Waals surface area contributed by atoms with E-state index in [-0.39, 0.29) is 10.7 Å². The number of carbonyl (C=O) groups excluding carboxylic acids is 2. The molecule has 0 aliphatic carbocycles. The number of nitrogens with one attached hydrogen (secondary N) is 2. The standard InChI is InChI=1S/C6H5F3N4O2S/c1-10-3(14)2-4(16-13-12-2)11-5(15)6(7,8)9/h1H3,(H,10,14)(H,11,15). The van der Waals surface area contributed by atoms with Crippen molar-refractivity contribution in [3.63, 3.8) is 0 Å². The minimum Gasteiger partial charge on any atom is -0.354 e. The molecule has 16 heavy (non-hydrogen) atoms. The van der Waals surface area contributed by atoms with Crippen molar-refractivity contribution >= 4 is 28.3 Å². The number of hydrogen-bond donors (Lipinski definition) is 2. The predicted molar refractivity (Wildman–Crippen MR) is 48.0 cm³/mol. The van der Waals surface area contributed by atoms with Crippen LogP contribution in [0.5, 0.6) is 0 Å². The maximum Gasteiger partial charge on any atom is 0.471 e. The van der Waals surface area contributed by atoms with Crippen LogP contribution in [0.4, 0.5) is 18.2 Å². The molecule has 0 radical (unpaired) electrons. The minimum atomic E-state index is -5.02. The summed E-state index contributed by atoms with van der Waals surface area (Å²) >= 11 is 0.484. The van der Waals surface area contributed by atoms with Gasteiger partial charge in [-0.2, -0.15) is 13.2 Å². The van der Waals surface area contributed by atoms with Crippen molar-refractivity contribution in [1.29, 1.82) is 0 Å². The smallest absolute Gasteiger partial charge is 0.354 e. The lowest BCUT2D eigenvalue weighted by atomic mass is 10.4.